The zero-order valence-corrected chi connectivity index (χ0v) is 8.92. The molecule has 1 nitrogen and oxygen atoms in total. The molecule has 2 heteroatoms. The van der Waals surface area contributed by atoms with E-state index in [9.17, 15) is 0 Å². The van der Waals surface area contributed by atoms with Gasteiger partial charge in [-0.1, -0.05) is 30.3 Å². The molecule has 2 aromatic rings. The third kappa shape index (κ3) is 2.08. The first-order valence-electron chi connectivity index (χ1n) is 4.67. The minimum absolute atomic E-state index is 0.149. The van der Waals surface area contributed by atoms with Gasteiger partial charge in [0.1, 0.15) is 0 Å². The number of nitrogens with two attached hydrogens (primary N) is 1. The molecule has 0 saturated carbocycles. The SMILES string of the molecule is CC(N)Sc1ccc2ccccc2c1. The van der Waals surface area contributed by atoms with Crippen molar-refractivity contribution in [2.75, 3.05) is 0 Å². The number of fused-ring (bicyclic) bond motifs is 1. The van der Waals surface area contributed by atoms with Crippen LogP contribution in [0, 0.1) is 0 Å². The van der Waals surface area contributed by atoms with Crippen LogP contribution in [0.15, 0.2) is 47.4 Å². The molecule has 2 rings (SSSR count). The third-order valence-corrected chi connectivity index (χ3v) is 2.94. The fourth-order valence-corrected chi connectivity index (χ4v) is 2.23. The molecule has 0 fully saturated rings. The fraction of sp³-hybridized carbons (Fsp3) is 0.167. The molecule has 1 atom stereocenters. The van der Waals surface area contributed by atoms with E-state index >= 15 is 0 Å². The average Bonchev–Trinajstić information content (AvgIpc) is 2.17. The number of thioether (sulfide) groups is 1. The minimum atomic E-state index is 0.149. The maximum atomic E-state index is 5.73. The quantitative estimate of drug-likeness (QED) is 0.599. The predicted octanol–water partition coefficient (Wildman–Crippen LogP) is 3.24. The smallest absolute Gasteiger partial charge is 0.0525 e. The van der Waals surface area contributed by atoms with E-state index < -0.39 is 0 Å². The molecule has 0 amide bonds. The van der Waals surface area contributed by atoms with Gasteiger partial charge < -0.3 is 5.73 Å². The lowest BCUT2D eigenvalue weighted by Gasteiger charge is -2.05. The molecule has 1 unspecified atom stereocenters. The summed E-state index contributed by atoms with van der Waals surface area (Å²) in [6.45, 7) is 2.00. The van der Waals surface area contributed by atoms with Gasteiger partial charge in [0.2, 0.25) is 0 Å². The van der Waals surface area contributed by atoms with Crippen molar-refractivity contribution in [1.82, 2.24) is 0 Å². The monoisotopic (exact) mass is 203 g/mol. The van der Waals surface area contributed by atoms with Gasteiger partial charge in [-0.25, -0.2) is 0 Å². The van der Waals surface area contributed by atoms with Crippen molar-refractivity contribution in [1.29, 1.82) is 0 Å². The fourth-order valence-electron chi connectivity index (χ4n) is 1.46. The van der Waals surface area contributed by atoms with E-state index in [0.29, 0.717) is 0 Å². The normalized spacial score (nSPS) is 13.0. The van der Waals surface area contributed by atoms with Crippen LogP contribution in [0.3, 0.4) is 0 Å². The molecule has 0 spiro atoms. The Hall–Kier alpha value is -0.990. The van der Waals surface area contributed by atoms with E-state index in [1.807, 2.05) is 6.92 Å². The first-order valence-corrected chi connectivity index (χ1v) is 5.55. The van der Waals surface area contributed by atoms with Crippen molar-refractivity contribution < 1.29 is 0 Å². The Kier molecular flexibility index (Phi) is 2.75. The maximum absolute atomic E-state index is 5.73. The lowest BCUT2D eigenvalue weighted by molar-refractivity contribution is 1.04. The summed E-state index contributed by atoms with van der Waals surface area (Å²) in [5, 5.41) is 2.70. The van der Waals surface area contributed by atoms with Gasteiger partial charge in [-0.2, -0.15) is 0 Å². The third-order valence-electron chi connectivity index (χ3n) is 2.04. The van der Waals surface area contributed by atoms with Crippen LogP contribution in [-0.2, 0) is 0 Å². The highest BCUT2D eigenvalue weighted by Gasteiger charge is 1.99. The second-order valence-electron chi connectivity index (χ2n) is 3.33. The molecule has 14 heavy (non-hydrogen) atoms. The molecule has 0 aliphatic heterocycles. The van der Waals surface area contributed by atoms with Crippen molar-refractivity contribution in [3.63, 3.8) is 0 Å². The van der Waals surface area contributed by atoms with Crippen LogP contribution in [0.5, 0.6) is 0 Å². The van der Waals surface area contributed by atoms with Gasteiger partial charge in [0, 0.05) is 4.90 Å². The highest BCUT2D eigenvalue weighted by atomic mass is 32.2. The molecule has 72 valence electrons. The van der Waals surface area contributed by atoms with Crippen LogP contribution in [-0.4, -0.2) is 5.37 Å². The Bertz CT molecular complexity index is 437. The highest BCUT2D eigenvalue weighted by molar-refractivity contribution is 7.99. The first-order chi connectivity index (χ1) is 6.75. The predicted molar refractivity (Wildman–Crippen MR) is 63.5 cm³/mol. The summed E-state index contributed by atoms with van der Waals surface area (Å²) in [6, 6.07) is 14.8. The van der Waals surface area contributed by atoms with E-state index in [2.05, 4.69) is 42.5 Å². The van der Waals surface area contributed by atoms with Gasteiger partial charge in [0.05, 0.1) is 5.37 Å². The zero-order valence-electron chi connectivity index (χ0n) is 8.10. The second-order valence-corrected chi connectivity index (χ2v) is 4.78. The lowest BCUT2D eigenvalue weighted by Crippen LogP contribution is -2.08. The summed E-state index contributed by atoms with van der Waals surface area (Å²) in [5.41, 5.74) is 5.73. The van der Waals surface area contributed by atoms with Gasteiger partial charge in [0.15, 0.2) is 0 Å². The van der Waals surface area contributed by atoms with Gasteiger partial charge >= 0.3 is 0 Å². The Morgan fingerprint density at radius 3 is 2.50 bits per heavy atom. The Morgan fingerprint density at radius 2 is 1.79 bits per heavy atom. The Labute approximate surface area is 88.3 Å². The Balaban J connectivity index is 2.41. The highest BCUT2D eigenvalue weighted by Crippen LogP contribution is 2.24. The molecule has 0 aromatic heterocycles. The van der Waals surface area contributed by atoms with Crippen LogP contribution < -0.4 is 5.73 Å². The topological polar surface area (TPSA) is 26.0 Å². The van der Waals surface area contributed by atoms with Gasteiger partial charge in [-0.15, -0.1) is 11.8 Å². The number of hydrogen-bond donors (Lipinski definition) is 1. The molecular formula is C12H13NS. The van der Waals surface area contributed by atoms with Gasteiger partial charge in [-0.3, -0.25) is 0 Å². The molecule has 2 N–H and O–H groups in total. The number of benzene rings is 2. The second kappa shape index (κ2) is 4.03. The van der Waals surface area contributed by atoms with E-state index in [-0.39, 0.29) is 5.37 Å². The minimum Gasteiger partial charge on any atom is -0.319 e. The summed E-state index contributed by atoms with van der Waals surface area (Å²) >= 11 is 1.69. The lowest BCUT2D eigenvalue weighted by atomic mass is 10.1. The largest absolute Gasteiger partial charge is 0.319 e. The van der Waals surface area contributed by atoms with Gasteiger partial charge in [-0.05, 0) is 29.8 Å². The summed E-state index contributed by atoms with van der Waals surface area (Å²) < 4.78 is 0. The molecule has 0 bridgehead atoms. The summed E-state index contributed by atoms with van der Waals surface area (Å²) in [6.07, 6.45) is 0. The first kappa shape index (κ1) is 9.56. The molecular weight excluding hydrogens is 190 g/mol. The summed E-state index contributed by atoms with van der Waals surface area (Å²) in [7, 11) is 0. The molecule has 0 heterocycles. The van der Waals surface area contributed by atoms with Gasteiger partial charge in [0.25, 0.3) is 0 Å². The number of rotatable bonds is 2. The average molecular weight is 203 g/mol. The van der Waals surface area contributed by atoms with Crippen LogP contribution in [0.2, 0.25) is 0 Å². The maximum Gasteiger partial charge on any atom is 0.0525 e. The van der Waals surface area contributed by atoms with E-state index in [0.717, 1.165) is 0 Å². The number of hydrogen-bond acceptors (Lipinski definition) is 2. The van der Waals surface area contributed by atoms with Crippen molar-refractivity contribution in [3.8, 4) is 0 Å². The standard InChI is InChI=1S/C12H13NS/c1-9(13)14-12-7-6-10-4-2-3-5-11(10)8-12/h2-9H,13H2,1H3. The van der Waals surface area contributed by atoms with E-state index in [4.69, 9.17) is 5.73 Å². The van der Waals surface area contributed by atoms with E-state index in [1.165, 1.54) is 15.7 Å². The molecule has 0 radical (unpaired) electrons. The molecule has 0 aliphatic rings. The summed E-state index contributed by atoms with van der Waals surface area (Å²) in [4.78, 5) is 1.23. The van der Waals surface area contributed by atoms with Crippen molar-refractivity contribution in [2.45, 2.75) is 17.2 Å². The van der Waals surface area contributed by atoms with Crippen LogP contribution in [0.25, 0.3) is 10.8 Å². The Morgan fingerprint density at radius 1 is 1.07 bits per heavy atom. The summed E-state index contributed by atoms with van der Waals surface area (Å²) in [5.74, 6) is 0. The molecule has 2 aromatic carbocycles. The molecule has 0 saturated heterocycles. The zero-order chi connectivity index (χ0) is 9.97. The van der Waals surface area contributed by atoms with Crippen molar-refractivity contribution in [2.24, 2.45) is 5.73 Å². The van der Waals surface area contributed by atoms with Crippen LogP contribution in [0.1, 0.15) is 6.92 Å². The van der Waals surface area contributed by atoms with Crippen molar-refractivity contribution >= 4 is 22.5 Å². The van der Waals surface area contributed by atoms with E-state index in [1.54, 1.807) is 11.8 Å². The molecule has 0 aliphatic carbocycles. The van der Waals surface area contributed by atoms with Crippen molar-refractivity contribution in [3.05, 3.63) is 42.5 Å². The van der Waals surface area contributed by atoms with Crippen LogP contribution in [0.4, 0.5) is 0 Å². The van der Waals surface area contributed by atoms with Crippen LogP contribution >= 0.6 is 11.8 Å².